The third-order valence-corrected chi connectivity index (χ3v) is 2.86. The number of allylic oxidation sites excluding steroid dienone is 5. The maximum atomic E-state index is 4.40. The minimum Gasteiger partial charge on any atom is -0.362 e. The third kappa shape index (κ3) is 3.35. The Hall–Kier alpha value is -2.29. The summed E-state index contributed by atoms with van der Waals surface area (Å²) in [6.45, 7) is 8.00. The lowest BCUT2D eigenvalue weighted by Crippen LogP contribution is -2.28. The number of hydrogen-bond donors (Lipinski definition) is 2. The highest BCUT2D eigenvalue weighted by Gasteiger charge is 2.01. The Bertz CT molecular complexity index is 669. The lowest BCUT2D eigenvalue weighted by atomic mass is 10.2. The van der Waals surface area contributed by atoms with E-state index in [2.05, 4.69) is 53.1 Å². The molecule has 0 bridgehead atoms. The topological polar surface area (TPSA) is 40.2 Å². The monoisotopic (exact) mass is 253 g/mol. The van der Waals surface area contributed by atoms with Crippen molar-refractivity contribution in [3.63, 3.8) is 0 Å². The van der Waals surface area contributed by atoms with Crippen LogP contribution >= 0.6 is 0 Å². The molecule has 2 N–H and O–H groups in total. The molecule has 98 valence electrons. The van der Waals surface area contributed by atoms with Gasteiger partial charge in [0.2, 0.25) is 0 Å². The van der Waals surface area contributed by atoms with Gasteiger partial charge in [-0.1, -0.05) is 24.3 Å². The van der Waals surface area contributed by atoms with Crippen molar-refractivity contribution in [3.05, 3.63) is 58.4 Å². The van der Waals surface area contributed by atoms with Crippen LogP contribution in [0.1, 0.15) is 20.3 Å². The summed E-state index contributed by atoms with van der Waals surface area (Å²) < 4.78 is 0. The first kappa shape index (κ1) is 13.1. The largest absolute Gasteiger partial charge is 0.362 e. The fourth-order valence-electron chi connectivity index (χ4n) is 1.94. The van der Waals surface area contributed by atoms with E-state index >= 15 is 0 Å². The molecule has 3 nitrogen and oxygen atoms in total. The van der Waals surface area contributed by atoms with E-state index in [4.69, 9.17) is 0 Å². The second kappa shape index (κ2) is 6.05. The van der Waals surface area contributed by atoms with Crippen molar-refractivity contribution in [2.75, 3.05) is 0 Å². The summed E-state index contributed by atoms with van der Waals surface area (Å²) in [4.78, 5) is 7.47. The summed E-state index contributed by atoms with van der Waals surface area (Å²) in [6, 6.07) is 1.97. The molecule has 19 heavy (non-hydrogen) atoms. The summed E-state index contributed by atoms with van der Waals surface area (Å²) in [6.07, 6.45) is 13.0. The second-order valence-corrected chi connectivity index (χ2v) is 4.48. The molecule has 0 saturated carbocycles. The van der Waals surface area contributed by atoms with Gasteiger partial charge < -0.3 is 10.3 Å². The Balaban J connectivity index is 2.42. The molecule has 1 aliphatic rings. The van der Waals surface area contributed by atoms with Gasteiger partial charge in [0.1, 0.15) is 5.82 Å². The van der Waals surface area contributed by atoms with Gasteiger partial charge in [0, 0.05) is 28.7 Å². The maximum Gasteiger partial charge on any atom is 0.139 e. The van der Waals surface area contributed by atoms with Gasteiger partial charge in [-0.2, -0.15) is 0 Å². The van der Waals surface area contributed by atoms with E-state index < -0.39 is 0 Å². The molecular weight excluding hydrogens is 234 g/mol. The SMILES string of the molecule is C=c1[nH]cc/c1=C(/N=C\C)NC1=CC=CCC(C)=C1. The summed E-state index contributed by atoms with van der Waals surface area (Å²) in [5.41, 5.74) is 2.35. The van der Waals surface area contributed by atoms with Crippen molar-refractivity contribution < 1.29 is 0 Å². The quantitative estimate of drug-likeness (QED) is 0.794. The predicted octanol–water partition coefficient (Wildman–Crippen LogP) is 1.96. The van der Waals surface area contributed by atoms with E-state index in [9.17, 15) is 0 Å². The molecule has 0 spiro atoms. The van der Waals surface area contributed by atoms with Crippen LogP contribution < -0.4 is 15.9 Å². The average molecular weight is 253 g/mol. The number of H-pyrrole nitrogens is 1. The highest BCUT2D eigenvalue weighted by atomic mass is 15.0. The Morgan fingerprint density at radius 2 is 2.37 bits per heavy atom. The van der Waals surface area contributed by atoms with Crippen LogP contribution in [0, 0.1) is 0 Å². The molecule has 0 aliphatic heterocycles. The first-order valence-corrected chi connectivity index (χ1v) is 6.37. The number of aromatic nitrogens is 1. The van der Waals surface area contributed by atoms with Crippen LogP contribution in [0.5, 0.6) is 0 Å². The maximum absolute atomic E-state index is 4.40. The van der Waals surface area contributed by atoms with Crippen LogP contribution in [0.2, 0.25) is 0 Å². The first-order chi connectivity index (χ1) is 9.20. The third-order valence-electron chi connectivity index (χ3n) is 2.86. The van der Waals surface area contributed by atoms with Gasteiger partial charge in [0.05, 0.1) is 0 Å². The Kier molecular flexibility index (Phi) is 4.18. The minimum absolute atomic E-state index is 0.805. The molecular formula is C16H19N3. The van der Waals surface area contributed by atoms with Crippen molar-refractivity contribution >= 4 is 18.6 Å². The molecule has 1 heterocycles. The summed E-state index contributed by atoms with van der Waals surface area (Å²) >= 11 is 0. The normalized spacial score (nSPS) is 16.9. The number of rotatable bonds is 3. The lowest BCUT2D eigenvalue weighted by Gasteiger charge is -2.07. The molecule has 2 rings (SSSR count). The first-order valence-electron chi connectivity index (χ1n) is 6.37. The fourth-order valence-corrected chi connectivity index (χ4v) is 1.94. The minimum atomic E-state index is 0.805. The zero-order chi connectivity index (χ0) is 13.7. The van der Waals surface area contributed by atoms with E-state index in [-0.39, 0.29) is 0 Å². The van der Waals surface area contributed by atoms with Gasteiger partial charge in [-0.3, -0.25) is 0 Å². The van der Waals surface area contributed by atoms with E-state index in [1.54, 1.807) is 6.21 Å². The molecule has 0 radical (unpaired) electrons. The van der Waals surface area contributed by atoms with Gasteiger partial charge >= 0.3 is 0 Å². The van der Waals surface area contributed by atoms with Crippen LogP contribution in [-0.4, -0.2) is 11.2 Å². The summed E-state index contributed by atoms with van der Waals surface area (Å²) in [5, 5.41) is 5.21. The van der Waals surface area contributed by atoms with Crippen molar-refractivity contribution in [2.24, 2.45) is 4.99 Å². The van der Waals surface area contributed by atoms with Crippen LogP contribution in [0.15, 0.2) is 52.8 Å². The van der Waals surface area contributed by atoms with Crippen LogP contribution in [0.25, 0.3) is 12.4 Å². The Morgan fingerprint density at radius 3 is 3.05 bits per heavy atom. The molecule has 0 amide bonds. The molecule has 3 heteroatoms. The average Bonchev–Trinajstić information content (AvgIpc) is 2.69. The zero-order valence-electron chi connectivity index (χ0n) is 11.4. The van der Waals surface area contributed by atoms with Gasteiger partial charge in [-0.05, 0) is 38.5 Å². The van der Waals surface area contributed by atoms with Gasteiger partial charge in [0.25, 0.3) is 0 Å². The van der Waals surface area contributed by atoms with Crippen molar-refractivity contribution in [1.29, 1.82) is 0 Å². The van der Waals surface area contributed by atoms with Gasteiger partial charge in [-0.25, -0.2) is 4.99 Å². The fraction of sp³-hybridized carbons (Fsp3) is 0.188. The number of aromatic amines is 1. The molecule has 0 fully saturated rings. The predicted molar refractivity (Wildman–Crippen MR) is 81.9 cm³/mol. The molecule has 1 aromatic rings. The van der Waals surface area contributed by atoms with E-state index in [0.29, 0.717) is 0 Å². The smallest absolute Gasteiger partial charge is 0.139 e. The van der Waals surface area contributed by atoms with Crippen molar-refractivity contribution in [2.45, 2.75) is 20.3 Å². The van der Waals surface area contributed by atoms with Crippen LogP contribution in [0.4, 0.5) is 0 Å². The number of nitrogens with zero attached hydrogens (tertiary/aromatic N) is 1. The highest BCUT2D eigenvalue weighted by molar-refractivity contribution is 5.63. The molecule has 0 saturated heterocycles. The summed E-state index contributed by atoms with van der Waals surface area (Å²) in [7, 11) is 0. The molecule has 0 atom stereocenters. The second-order valence-electron chi connectivity index (χ2n) is 4.48. The van der Waals surface area contributed by atoms with E-state index in [1.165, 1.54) is 5.57 Å². The number of aliphatic imine (C=N–C) groups is 1. The van der Waals surface area contributed by atoms with Crippen LogP contribution in [0.3, 0.4) is 0 Å². The Morgan fingerprint density at radius 1 is 1.53 bits per heavy atom. The highest BCUT2D eigenvalue weighted by Crippen LogP contribution is 2.10. The zero-order valence-corrected chi connectivity index (χ0v) is 11.4. The van der Waals surface area contributed by atoms with E-state index in [0.717, 1.165) is 28.5 Å². The number of nitrogens with one attached hydrogen (secondary N) is 2. The van der Waals surface area contributed by atoms with Crippen molar-refractivity contribution in [1.82, 2.24) is 10.3 Å². The molecule has 1 aromatic heterocycles. The standard InChI is InChI=1S/C16H19N3/c1-4-17-16(15-9-10-18-13(15)3)19-14-8-6-5-7-12(2)11-14/h4-6,8-11,18-19H,3,7H2,1-2H3/b16-15+,17-4-. The van der Waals surface area contributed by atoms with Gasteiger partial charge in [0.15, 0.2) is 0 Å². The molecule has 1 aliphatic carbocycles. The number of hydrogen-bond acceptors (Lipinski definition) is 2. The van der Waals surface area contributed by atoms with E-state index in [1.807, 2.05) is 19.2 Å². The molecule has 0 unspecified atom stereocenters. The van der Waals surface area contributed by atoms with Gasteiger partial charge in [-0.15, -0.1) is 0 Å². The van der Waals surface area contributed by atoms with Crippen molar-refractivity contribution in [3.8, 4) is 0 Å². The van der Waals surface area contributed by atoms with Crippen LogP contribution in [-0.2, 0) is 0 Å². The summed E-state index contributed by atoms with van der Waals surface area (Å²) in [5.74, 6) is 0.805. The lowest BCUT2D eigenvalue weighted by molar-refractivity contribution is 1.07. The molecule has 0 aromatic carbocycles. The Labute approximate surface area is 113 Å².